The minimum atomic E-state index is -0.508. The summed E-state index contributed by atoms with van der Waals surface area (Å²) >= 11 is 2.83. The minimum absolute atomic E-state index is 0.0357. The van der Waals surface area contributed by atoms with Crippen LogP contribution in [0.4, 0.5) is 10.7 Å². The van der Waals surface area contributed by atoms with Crippen molar-refractivity contribution in [3.8, 4) is 0 Å². The first-order valence-electron chi connectivity index (χ1n) is 9.16. The van der Waals surface area contributed by atoms with Gasteiger partial charge in [0.1, 0.15) is 5.00 Å². The maximum atomic E-state index is 12.7. The number of para-hydroxylation sites is 1. The number of hydrogen-bond donors (Lipinski definition) is 2. The Morgan fingerprint density at radius 1 is 1.25 bits per heavy atom. The molecule has 146 valence electrons. The number of methoxy groups -OCH3 is 1. The molecule has 0 saturated heterocycles. The zero-order chi connectivity index (χ0) is 19.7. The van der Waals surface area contributed by atoms with Crippen molar-refractivity contribution in [1.82, 2.24) is 0 Å². The van der Waals surface area contributed by atoms with Crippen LogP contribution in [0.5, 0.6) is 0 Å². The van der Waals surface area contributed by atoms with Crippen molar-refractivity contribution in [3.63, 3.8) is 0 Å². The van der Waals surface area contributed by atoms with Gasteiger partial charge in [0.15, 0.2) is 0 Å². The minimum Gasteiger partial charge on any atom is -0.465 e. The average Bonchev–Trinajstić information content (AvgIpc) is 3.05. The van der Waals surface area contributed by atoms with Gasteiger partial charge in [0, 0.05) is 16.2 Å². The van der Waals surface area contributed by atoms with E-state index in [9.17, 15) is 14.4 Å². The van der Waals surface area contributed by atoms with Crippen LogP contribution >= 0.6 is 23.1 Å². The second kappa shape index (κ2) is 7.97. The predicted octanol–water partition coefficient (Wildman–Crippen LogP) is 3.86. The summed E-state index contributed by atoms with van der Waals surface area (Å²) in [6.45, 7) is 0. The lowest BCUT2D eigenvalue weighted by Gasteiger charge is -2.23. The van der Waals surface area contributed by atoms with Gasteiger partial charge in [0.25, 0.3) is 0 Å². The molecule has 0 fully saturated rings. The number of thioether (sulfide) groups is 1. The van der Waals surface area contributed by atoms with Crippen molar-refractivity contribution >= 4 is 51.6 Å². The topological polar surface area (TPSA) is 84.5 Å². The van der Waals surface area contributed by atoms with Crippen LogP contribution in [0.1, 0.15) is 40.1 Å². The zero-order valence-corrected chi connectivity index (χ0v) is 17.0. The fourth-order valence-electron chi connectivity index (χ4n) is 3.55. The first-order valence-corrected chi connectivity index (χ1v) is 10.9. The van der Waals surface area contributed by atoms with Crippen molar-refractivity contribution < 1.29 is 19.1 Å². The molecule has 2 amide bonds. The number of carbonyl (C=O) groups is 3. The highest BCUT2D eigenvalue weighted by atomic mass is 32.2. The molecule has 8 heteroatoms. The maximum Gasteiger partial charge on any atom is 0.341 e. The Hall–Kier alpha value is -2.32. The molecule has 28 heavy (non-hydrogen) atoms. The van der Waals surface area contributed by atoms with E-state index in [-0.39, 0.29) is 18.2 Å². The van der Waals surface area contributed by atoms with Crippen LogP contribution in [0.2, 0.25) is 0 Å². The Bertz CT molecular complexity index is 954. The Kier molecular flexibility index (Phi) is 5.41. The molecular weight excluding hydrogens is 396 g/mol. The second-order valence-electron chi connectivity index (χ2n) is 6.75. The molecule has 1 aliphatic carbocycles. The van der Waals surface area contributed by atoms with E-state index in [0.29, 0.717) is 10.6 Å². The van der Waals surface area contributed by atoms with Crippen molar-refractivity contribution in [1.29, 1.82) is 0 Å². The largest absolute Gasteiger partial charge is 0.465 e. The molecule has 0 unspecified atom stereocenters. The van der Waals surface area contributed by atoms with E-state index >= 15 is 0 Å². The average molecular weight is 417 g/mol. The molecule has 1 aliphatic heterocycles. The van der Waals surface area contributed by atoms with Gasteiger partial charge in [-0.2, -0.15) is 0 Å². The van der Waals surface area contributed by atoms with E-state index in [1.807, 2.05) is 24.3 Å². The number of aryl methyl sites for hydroxylation is 1. The molecule has 1 aromatic heterocycles. The first kappa shape index (κ1) is 19.0. The Labute approximate surface area is 171 Å². The molecule has 0 bridgehead atoms. The van der Waals surface area contributed by atoms with E-state index in [4.69, 9.17) is 4.74 Å². The molecule has 1 atom stereocenters. The number of amides is 2. The highest BCUT2D eigenvalue weighted by molar-refractivity contribution is 8.01. The van der Waals surface area contributed by atoms with Crippen LogP contribution in [-0.2, 0) is 27.2 Å². The molecule has 6 nitrogen and oxygen atoms in total. The SMILES string of the molecule is COC(=O)c1c(NC(=O)C[C@@H]2Sc3ccccc3NC2=O)sc2c1CCCC2. The molecule has 2 aliphatic rings. The van der Waals surface area contributed by atoms with Crippen LogP contribution in [0.15, 0.2) is 29.2 Å². The Morgan fingerprint density at radius 2 is 2.04 bits per heavy atom. The zero-order valence-electron chi connectivity index (χ0n) is 15.4. The van der Waals surface area contributed by atoms with E-state index in [1.54, 1.807) is 0 Å². The normalized spacial score (nSPS) is 17.9. The third-order valence-electron chi connectivity index (χ3n) is 4.89. The van der Waals surface area contributed by atoms with E-state index in [0.717, 1.165) is 46.7 Å². The number of anilines is 2. The lowest BCUT2D eigenvalue weighted by molar-refractivity contribution is -0.120. The van der Waals surface area contributed by atoms with Crippen molar-refractivity contribution in [2.24, 2.45) is 0 Å². The third-order valence-corrected chi connectivity index (χ3v) is 7.37. The van der Waals surface area contributed by atoms with Gasteiger partial charge in [-0.15, -0.1) is 23.1 Å². The number of fused-ring (bicyclic) bond motifs is 2. The standard InChI is InChI=1S/C20H20N2O4S2/c1-26-20(25)17-11-6-2-4-8-13(11)28-19(17)22-16(23)10-15-18(24)21-12-7-3-5-9-14(12)27-15/h3,5,7,9,15H,2,4,6,8,10H2,1H3,(H,21,24)(H,22,23)/t15-/m0/s1. The predicted molar refractivity (Wildman–Crippen MR) is 110 cm³/mol. The molecule has 0 radical (unpaired) electrons. The van der Waals surface area contributed by atoms with Gasteiger partial charge >= 0.3 is 5.97 Å². The van der Waals surface area contributed by atoms with Crippen LogP contribution in [0, 0.1) is 0 Å². The Morgan fingerprint density at radius 3 is 2.86 bits per heavy atom. The van der Waals surface area contributed by atoms with E-state index in [1.165, 1.54) is 30.2 Å². The fraction of sp³-hybridized carbons (Fsp3) is 0.350. The summed E-state index contributed by atoms with van der Waals surface area (Å²) in [5.41, 5.74) is 2.24. The van der Waals surface area contributed by atoms with Gasteiger partial charge in [-0.3, -0.25) is 9.59 Å². The maximum absolute atomic E-state index is 12.7. The Balaban J connectivity index is 1.51. The fourth-order valence-corrected chi connectivity index (χ4v) is 5.95. The summed E-state index contributed by atoms with van der Waals surface area (Å²) in [6, 6.07) is 7.53. The van der Waals surface area contributed by atoms with Gasteiger partial charge in [-0.05, 0) is 43.4 Å². The van der Waals surface area contributed by atoms with Gasteiger partial charge in [-0.1, -0.05) is 12.1 Å². The summed E-state index contributed by atoms with van der Waals surface area (Å²) in [4.78, 5) is 39.4. The number of rotatable bonds is 4. The molecule has 0 spiro atoms. The molecule has 2 N–H and O–H groups in total. The van der Waals surface area contributed by atoms with Gasteiger partial charge in [0.05, 0.1) is 23.6 Å². The summed E-state index contributed by atoms with van der Waals surface area (Å²) in [6.07, 6.45) is 3.88. The van der Waals surface area contributed by atoms with Crippen molar-refractivity contribution in [2.45, 2.75) is 42.2 Å². The van der Waals surface area contributed by atoms with E-state index < -0.39 is 11.2 Å². The molecule has 0 saturated carbocycles. The monoisotopic (exact) mass is 416 g/mol. The molecule has 1 aromatic carbocycles. The summed E-state index contributed by atoms with van der Waals surface area (Å²) in [7, 11) is 1.35. The number of nitrogens with one attached hydrogen (secondary N) is 2. The van der Waals surface area contributed by atoms with Gasteiger partial charge in [-0.25, -0.2) is 4.79 Å². The number of esters is 1. The lowest BCUT2D eigenvalue weighted by Crippen LogP contribution is -2.32. The van der Waals surface area contributed by atoms with Gasteiger partial charge in [0.2, 0.25) is 11.8 Å². The summed E-state index contributed by atoms with van der Waals surface area (Å²) in [5.74, 6) is -0.887. The molecule has 4 rings (SSSR count). The van der Waals surface area contributed by atoms with Crippen molar-refractivity contribution in [3.05, 3.63) is 40.3 Å². The highest BCUT2D eigenvalue weighted by Gasteiger charge is 2.31. The van der Waals surface area contributed by atoms with Crippen LogP contribution in [0.25, 0.3) is 0 Å². The summed E-state index contributed by atoms with van der Waals surface area (Å²) in [5, 5.41) is 5.73. The molecule has 2 heterocycles. The van der Waals surface area contributed by atoms with Gasteiger partial charge < -0.3 is 15.4 Å². The van der Waals surface area contributed by atoms with Crippen LogP contribution in [-0.4, -0.2) is 30.1 Å². The van der Waals surface area contributed by atoms with E-state index in [2.05, 4.69) is 10.6 Å². The number of hydrogen-bond acceptors (Lipinski definition) is 6. The molecule has 2 aromatic rings. The quantitative estimate of drug-likeness (QED) is 0.740. The third kappa shape index (κ3) is 3.66. The second-order valence-corrected chi connectivity index (χ2v) is 9.10. The first-order chi connectivity index (χ1) is 13.6. The number of carbonyl (C=O) groups excluding carboxylic acids is 3. The number of ether oxygens (including phenoxy) is 1. The smallest absolute Gasteiger partial charge is 0.341 e. The molecular formula is C20H20N2O4S2. The van der Waals surface area contributed by atoms with Crippen LogP contribution in [0.3, 0.4) is 0 Å². The van der Waals surface area contributed by atoms with Crippen LogP contribution < -0.4 is 10.6 Å². The number of benzene rings is 1. The van der Waals surface area contributed by atoms with Crippen molar-refractivity contribution in [2.75, 3.05) is 17.7 Å². The highest BCUT2D eigenvalue weighted by Crippen LogP contribution is 2.40. The summed E-state index contributed by atoms with van der Waals surface area (Å²) < 4.78 is 4.94. The number of thiophene rings is 1. The lowest BCUT2D eigenvalue weighted by atomic mass is 9.95.